The molecule has 0 spiro atoms. The van der Waals surface area contributed by atoms with Crippen molar-refractivity contribution in [3.63, 3.8) is 0 Å². The van der Waals surface area contributed by atoms with Crippen LogP contribution in [0, 0.1) is 10.1 Å². The van der Waals surface area contributed by atoms with Crippen molar-refractivity contribution in [2.24, 2.45) is 0 Å². The highest BCUT2D eigenvalue weighted by molar-refractivity contribution is 5.62. The Morgan fingerprint density at radius 3 is 1.89 bits per heavy atom. The lowest BCUT2D eigenvalue weighted by Gasteiger charge is -1.72. The summed E-state index contributed by atoms with van der Waals surface area (Å²) in [5.41, 5.74) is 0. The number of hydrogen-bond acceptors (Lipinski definition) is 5. The molecule has 0 atom stereocenters. The molecule has 0 saturated heterocycles. The lowest BCUT2D eigenvalue weighted by atomic mass is 10.9. The molecule has 0 rings (SSSR count). The van der Waals surface area contributed by atoms with E-state index in [1.54, 1.807) is 0 Å². The molecular formula is C2H5NO6. The Kier molecular flexibility index (Phi) is 7.79. The average molecular weight is 139 g/mol. The summed E-state index contributed by atoms with van der Waals surface area (Å²) in [7, 11) is 0. The van der Waals surface area contributed by atoms with E-state index < -0.39 is 11.1 Å². The van der Waals surface area contributed by atoms with Gasteiger partial charge in [-0.3, -0.25) is 4.79 Å². The Bertz CT molecular complexity index is 95.2. The van der Waals surface area contributed by atoms with Crippen LogP contribution in [0.15, 0.2) is 0 Å². The second-order valence-corrected chi connectivity index (χ2v) is 0.824. The molecule has 0 bridgehead atoms. The number of rotatable bonds is 1. The fraction of sp³-hybridized carbons (Fsp3) is 0.500. The van der Waals surface area contributed by atoms with Crippen molar-refractivity contribution in [2.75, 3.05) is 0 Å². The zero-order valence-electron chi connectivity index (χ0n) is 4.47. The van der Waals surface area contributed by atoms with Gasteiger partial charge in [0.2, 0.25) is 0 Å². The van der Waals surface area contributed by atoms with E-state index in [2.05, 4.69) is 4.99 Å². The molecule has 0 amide bonds. The minimum absolute atomic E-state index is 0.833. The van der Waals surface area contributed by atoms with Gasteiger partial charge in [-0.05, 0) is 0 Å². The second-order valence-electron chi connectivity index (χ2n) is 0.824. The lowest BCUT2D eigenvalue weighted by Crippen LogP contribution is -1.92. The molecule has 0 aliphatic heterocycles. The summed E-state index contributed by atoms with van der Waals surface area (Å²) in [6.45, 7) is 1.08. The third kappa shape index (κ3) is 358. The van der Waals surface area contributed by atoms with Crippen molar-refractivity contribution >= 4 is 5.97 Å². The van der Waals surface area contributed by atoms with Crippen LogP contribution in [0.4, 0.5) is 0 Å². The summed E-state index contributed by atoms with van der Waals surface area (Å²) in [6, 6.07) is 0. The summed E-state index contributed by atoms with van der Waals surface area (Å²) in [6.07, 6.45) is 0. The molecule has 7 heteroatoms. The minimum Gasteiger partial charge on any atom is -0.481 e. The number of carboxylic acids is 1. The molecule has 0 unspecified atom stereocenters. The number of carbonyl (C=O) groups is 1. The van der Waals surface area contributed by atoms with Gasteiger partial charge in [0.15, 0.2) is 0 Å². The van der Waals surface area contributed by atoms with Crippen molar-refractivity contribution in [3.8, 4) is 0 Å². The predicted octanol–water partition coefficient (Wildman–Crippen LogP) is -0.241. The third-order valence-corrected chi connectivity index (χ3v) is 0.0667. The first kappa shape index (κ1) is 10.6. The number of hydrogen-bond donors (Lipinski definition) is 2. The van der Waals surface area contributed by atoms with Crippen LogP contribution in [0.2, 0.25) is 0 Å². The Balaban J connectivity index is 0. The van der Waals surface area contributed by atoms with Crippen LogP contribution in [0.5, 0.6) is 0 Å². The minimum atomic E-state index is -1.32. The molecule has 7 nitrogen and oxygen atoms in total. The van der Waals surface area contributed by atoms with Gasteiger partial charge in [-0.25, -0.2) is 5.26 Å². The molecule has 0 fully saturated rings. The van der Waals surface area contributed by atoms with Crippen LogP contribution >= 0.6 is 0 Å². The molecule has 0 heterocycles. The topological polar surface area (TPSA) is 110 Å². The van der Waals surface area contributed by atoms with Crippen molar-refractivity contribution in [1.29, 1.82) is 0 Å². The van der Waals surface area contributed by atoms with Crippen LogP contribution in [-0.4, -0.2) is 21.4 Å². The molecule has 0 radical (unpaired) electrons. The normalized spacial score (nSPS) is 6.44. The number of carboxylic acid groups (broad SMARTS) is 1. The number of aliphatic carboxylic acids is 1. The van der Waals surface area contributed by atoms with Gasteiger partial charge in [0, 0.05) is 6.92 Å². The highest BCUT2D eigenvalue weighted by Crippen LogP contribution is 1.56. The molecule has 2 N–H and O–H groups in total. The van der Waals surface area contributed by atoms with E-state index in [0.29, 0.717) is 0 Å². The van der Waals surface area contributed by atoms with Crippen LogP contribution in [-0.2, 0) is 9.78 Å². The van der Waals surface area contributed by atoms with E-state index >= 15 is 0 Å². The molecule has 54 valence electrons. The van der Waals surface area contributed by atoms with Gasteiger partial charge < -0.3 is 5.11 Å². The van der Waals surface area contributed by atoms with E-state index in [4.69, 9.17) is 25.3 Å². The van der Waals surface area contributed by atoms with Crippen molar-refractivity contribution in [3.05, 3.63) is 10.1 Å². The molecular weight excluding hydrogens is 134 g/mol. The number of nitrogens with zero attached hydrogens (tertiary/aromatic N) is 1. The quantitative estimate of drug-likeness (QED) is 0.294. The Morgan fingerprint density at radius 2 is 1.89 bits per heavy atom. The van der Waals surface area contributed by atoms with Crippen LogP contribution in [0.1, 0.15) is 6.92 Å². The van der Waals surface area contributed by atoms with Gasteiger partial charge in [-0.15, -0.1) is 15.1 Å². The highest BCUT2D eigenvalue weighted by atomic mass is 17.3. The standard InChI is InChI=1S/C2H4O2.HNO4/c1-2(3)4;2-1(3)5-4/h1H3,(H,3,4);4H. The average Bonchev–Trinajstić information content (AvgIpc) is 1.65. The molecule has 0 aliphatic carbocycles. The summed E-state index contributed by atoms with van der Waals surface area (Å²) >= 11 is 0. The zero-order valence-corrected chi connectivity index (χ0v) is 4.47. The van der Waals surface area contributed by atoms with Crippen LogP contribution in [0.25, 0.3) is 0 Å². The van der Waals surface area contributed by atoms with E-state index in [1.165, 1.54) is 0 Å². The third-order valence-electron chi connectivity index (χ3n) is 0.0667. The summed E-state index contributed by atoms with van der Waals surface area (Å²) < 4.78 is 0. The summed E-state index contributed by atoms with van der Waals surface area (Å²) in [5.74, 6) is -0.833. The fourth-order valence-corrected chi connectivity index (χ4v) is 0. The van der Waals surface area contributed by atoms with Crippen LogP contribution < -0.4 is 0 Å². The fourth-order valence-electron chi connectivity index (χ4n) is 0. The zero-order chi connectivity index (χ0) is 7.86. The monoisotopic (exact) mass is 139 g/mol. The molecule has 0 aliphatic rings. The largest absolute Gasteiger partial charge is 0.481 e. The van der Waals surface area contributed by atoms with Gasteiger partial charge in [-0.2, -0.15) is 0 Å². The van der Waals surface area contributed by atoms with E-state index in [0.717, 1.165) is 6.92 Å². The van der Waals surface area contributed by atoms with Crippen LogP contribution in [0.3, 0.4) is 0 Å². The Morgan fingerprint density at radius 1 is 1.78 bits per heavy atom. The molecule has 9 heavy (non-hydrogen) atoms. The van der Waals surface area contributed by atoms with Gasteiger partial charge >= 0.3 is 5.09 Å². The maximum absolute atomic E-state index is 9.00. The summed E-state index contributed by atoms with van der Waals surface area (Å²) in [4.78, 5) is 20.2. The molecule has 0 aromatic rings. The van der Waals surface area contributed by atoms with E-state index in [-0.39, 0.29) is 0 Å². The SMILES string of the molecule is CC(=O)O.O=[N+]([O-])OO. The lowest BCUT2D eigenvalue weighted by molar-refractivity contribution is -0.846. The molecule has 0 aromatic heterocycles. The first-order chi connectivity index (χ1) is 4.00. The van der Waals surface area contributed by atoms with E-state index in [1.807, 2.05) is 0 Å². The molecule has 0 aromatic carbocycles. The van der Waals surface area contributed by atoms with Gasteiger partial charge in [-0.1, -0.05) is 0 Å². The second kappa shape index (κ2) is 6.63. The van der Waals surface area contributed by atoms with E-state index in [9.17, 15) is 0 Å². The van der Waals surface area contributed by atoms with Gasteiger partial charge in [0.25, 0.3) is 5.97 Å². The Labute approximate surface area is 49.5 Å². The van der Waals surface area contributed by atoms with Gasteiger partial charge in [0.05, 0.1) is 0 Å². The van der Waals surface area contributed by atoms with Crippen molar-refractivity contribution < 1.29 is 25.2 Å². The first-order valence-electron chi connectivity index (χ1n) is 1.66. The first-order valence-corrected chi connectivity index (χ1v) is 1.66. The maximum Gasteiger partial charge on any atom is 0.322 e. The predicted molar refractivity (Wildman–Crippen MR) is 24.0 cm³/mol. The maximum atomic E-state index is 9.00. The summed E-state index contributed by atoms with van der Waals surface area (Å²) in [5, 5.41) is 21.7. The van der Waals surface area contributed by atoms with Crippen molar-refractivity contribution in [1.82, 2.24) is 0 Å². The smallest absolute Gasteiger partial charge is 0.322 e. The Hall–Kier alpha value is -1.37. The van der Waals surface area contributed by atoms with Gasteiger partial charge in [0.1, 0.15) is 0 Å². The van der Waals surface area contributed by atoms with Crippen molar-refractivity contribution in [2.45, 2.75) is 6.92 Å². The molecule has 0 saturated carbocycles. The highest BCUT2D eigenvalue weighted by Gasteiger charge is 1.80.